The van der Waals surface area contributed by atoms with Crippen LogP contribution in [0.5, 0.6) is 17.2 Å². The van der Waals surface area contributed by atoms with Gasteiger partial charge >= 0.3 is 11.9 Å². The number of aromatic hydroxyl groups is 1. The number of carboxylic acids is 1. The fourth-order valence-electron chi connectivity index (χ4n) is 3.37. The van der Waals surface area contributed by atoms with Crippen molar-refractivity contribution in [1.82, 2.24) is 0 Å². The number of hydrogen-bond donors (Lipinski definition) is 3. The fourth-order valence-corrected chi connectivity index (χ4v) is 4.19. The van der Waals surface area contributed by atoms with Gasteiger partial charge in [0.05, 0.1) is 19.1 Å². The number of ether oxygens (including phenoxy) is 2. The zero-order valence-corrected chi connectivity index (χ0v) is 20.1. The number of phenols is 1. The molecule has 2 unspecified atom stereocenters. The van der Waals surface area contributed by atoms with E-state index in [0.29, 0.717) is 29.9 Å². The molecular weight excluding hydrogens is 444 g/mol. The first-order valence-corrected chi connectivity index (χ1v) is 12.0. The number of benzene rings is 2. The number of carbonyl (C=O) groups is 2. The molecule has 0 saturated carbocycles. The monoisotopic (exact) mass is 476 g/mol. The van der Waals surface area contributed by atoms with Crippen molar-refractivity contribution in [3.05, 3.63) is 47.5 Å². The van der Waals surface area contributed by atoms with Gasteiger partial charge in [0.15, 0.2) is 11.5 Å². The Bertz CT molecular complexity index is 927. The molecule has 0 radical (unpaired) electrons. The summed E-state index contributed by atoms with van der Waals surface area (Å²) in [5.41, 5.74) is 1.34. The molecule has 0 heterocycles. The summed E-state index contributed by atoms with van der Waals surface area (Å²) >= 11 is 1.66. The quantitative estimate of drug-likeness (QED) is 0.161. The lowest BCUT2D eigenvalue weighted by atomic mass is 9.95. The average molecular weight is 477 g/mol. The molecular formula is C25H32O7S. The van der Waals surface area contributed by atoms with Crippen LogP contribution in [0.1, 0.15) is 57.3 Å². The SMILES string of the molecule is CCCc1c(OCCCSc2ccc(C(O)C(C)CC(=O)O)cc2)ccc(OC(C)=O)c1O. The molecule has 0 aliphatic carbocycles. The number of carboxylic acid groups (broad SMARTS) is 1. The van der Waals surface area contributed by atoms with Crippen LogP contribution in [0.2, 0.25) is 0 Å². The van der Waals surface area contributed by atoms with Gasteiger partial charge in [-0.3, -0.25) is 9.59 Å². The van der Waals surface area contributed by atoms with Crippen molar-refractivity contribution in [3.63, 3.8) is 0 Å². The molecule has 2 rings (SSSR count). The second kappa shape index (κ2) is 13.1. The first kappa shape index (κ1) is 26.5. The summed E-state index contributed by atoms with van der Waals surface area (Å²) < 4.78 is 10.9. The Kier molecular flexibility index (Phi) is 10.5. The number of aliphatic hydroxyl groups is 1. The topological polar surface area (TPSA) is 113 Å². The van der Waals surface area contributed by atoms with Crippen LogP contribution in [0.15, 0.2) is 41.3 Å². The van der Waals surface area contributed by atoms with E-state index in [9.17, 15) is 19.8 Å². The predicted molar refractivity (Wildman–Crippen MR) is 127 cm³/mol. The van der Waals surface area contributed by atoms with Crippen molar-refractivity contribution < 1.29 is 34.4 Å². The summed E-state index contributed by atoms with van der Waals surface area (Å²) in [4.78, 5) is 23.1. The van der Waals surface area contributed by atoms with E-state index in [1.54, 1.807) is 24.8 Å². The highest BCUT2D eigenvalue weighted by atomic mass is 32.2. The second-order valence-corrected chi connectivity index (χ2v) is 9.04. The van der Waals surface area contributed by atoms with Crippen molar-refractivity contribution >= 4 is 23.7 Å². The zero-order chi connectivity index (χ0) is 24.4. The maximum absolute atomic E-state index is 11.2. The van der Waals surface area contributed by atoms with Crippen LogP contribution >= 0.6 is 11.8 Å². The molecule has 0 bridgehead atoms. The van der Waals surface area contributed by atoms with Gasteiger partial charge < -0.3 is 24.8 Å². The Morgan fingerprint density at radius 2 is 1.76 bits per heavy atom. The Morgan fingerprint density at radius 3 is 2.36 bits per heavy atom. The molecule has 2 atom stereocenters. The van der Waals surface area contributed by atoms with Gasteiger partial charge in [0.25, 0.3) is 0 Å². The number of aliphatic carboxylic acids is 1. The normalized spacial score (nSPS) is 12.7. The van der Waals surface area contributed by atoms with Crippen LogP contribution in [0.4, 0.5) is 0 Å². The van der Waals surface area contributed by atoms with E-state index in [2.05, 4.69) is 0 Å². The molecule has 0 aromatic heterocycles. The van der Waals surface area contributed by atoms with E-state index in [-0.39, 0.29) is 23.8 Å². The molecule has 0 fully saturated rings. The highest BCUT2D eigenvalue weighted by Gasteiger charge is 2.19. The minimum Gasteiger partial charge on any atom is -0.504 e. The summed E-state index contributed by atoms with van der Waals surface area (Å²) in [5.74, 6) is -0.289. The van der Waals surface area contributed by atoms with Crippen molar-refractivity contribution in [2.45, 2.75) is 57.5 Å². The van der Waals surface area contributed by atoms with Crippen LogP contribution in [0, 0.1) is 5.92 Å². The highest BCUT2D eigenvalue weighted by molar-refractivity contribution is 7.99. The number of carbonyl (C=O) groups excluding carboxylic acids is 1. The number of rotatable bonds is 13. The van der Waals surface area contributed by atoms with Gasteiger partial charge in [0.1, 0.15) is 5.75 Å². The Morgan fingerprint density at radius 1 is 1.09 bits per heavy atom. The minimum absolute atomic E-state index is 0.0566. The van der Waals surface area contributed by atoms with Crippen LogP contribution < -0.4 is 9.47 Å². The van der Waals surface area contributed by atoms with Gasteiger partial charge in [0.2, 0.25) is 0 Å². The molecule has 8 heteroatoms. The molecule has 0 aliphatic heterocycles. The second-order valence-electron chi connectivity index (χ2n) is 7.87. The van der Waals surface area contributed by atoms with E-state index in [0.717, 1.165) is 23.5 Å². The van der Waals surface area contributed by atoms with Crippen LogP contribution in [-0.4, -0.2) is 39.6 Å². The van der Waals surface area contributed by atoms with Crippen molar-refractivity contribution in [2.75, 3.05) is 12.4 Å². The smallest absolute Gasteiger partial charge is 0.308 e. The van der Waals surface area contributed by atoms with E-state index < -0.39 is 18.0 Å². The van der Waals surface area contributed by atoms with Crippen LogP contribution in [0.3, 0.4) is 0 Å². The predicted octanol–water partition coefficient (Wildman–Crippen LogP) is 4.98. The average Bonchev–Trinajstić information content (AvgIpc) is 2.76. The standard InChI is InChI=1S/C25H32O7S/c1-4-6-20-21(11-12-22(25(20)30)32-17(3)26)31-13-5-14-33-19-9-7-18(8-10-19)24(29)16(2)15-23(27)28/h7-12,16,24,29-30H,4-6,13-15H2,1-3H3,(H,27,28). The van der Waals surface area contributed by atoms with Gasteiger partial charge in [-0.2, -0.15) is 0 Å². The van der Waals surface area contributed by atoms with Crippen molar-refractivity contribution in [2.24, 2.45) is 5.92 Å². The number of aliphatic hydroxyl groups excluding tert-OH is 1. The molecule has 0 spiro atoms. The number of esters is 1. The Hall–Kier alpha value is -2.71. The van der Waals surface area contributed by atoms with Gasteiger partial charge in [-0.1, -0.05) is 32.4 Å². The van der Waals surface area contributed by atoms with Gasteiger partial charge in [-0.15, -0.1) is 11.8 Å². The van der Waals surface area contributed by atoms with Crippen LogP contribution in [-0.2, 0) is 16.0 Å². The summed E-state index contributed by atoms with van der Waals surface area (Å²) in [7, 11) is 0. The number of phenolic OH excluding ortho intramolecular Hbond substituents is 1. The Balaban J connectivity index is 1.85. The van der Waals surface area contributed by atoms with Crippen molar-refractivity contribution in [1.29, 1.82) is 0 Å². The number of hydrogen-bond acceptors (Lipinski definition) is 7. The minimum atomic E-state index is -0.923. The molecule has 0 saturated heterocycles. The molecule has 2 aromatic rings. The lowest BCUT2D eigenvalue weighted by Crippen LogP contribution is -2.13. The first-order valence-electron chi connectivity index (χ1n) is 11.0. The van der Waals surface area contributed by atoms with E-state index >= 15 is 0 Å². The van der Waals surface area contributed by atoms with Crippen molar-refractivity contribution in [3.8, 4) is 17.2 Å². The molecule has 180 valence electrons. The summed E-state index contributed by atoms with van der Waals surface area (Å²) in [5, 5.41) is 29.6. The van der Waals surface area contributed by atoms with E-state index in [1.165, 1.54) is 13.0 Å². The summed E-state index contributed by atoms with van der Waals surface area (Å²) in [6.45, 7) is 5.47. The van der Waals surface area contributed by atoms with Gasteiger partial charge in [0, 0.05) is 23.1 Å². The maximum atomic E-state index is 11.2. The lowest BCUT2D eigenvalue weighted by Gasteiger charge is -2.17. The molecule has 0 aliphatic rings. The van der Waals surface area contributed by atoms with Gasteiger partial charge in [-0.05, 0) is 48.6 Å². The van der Waals surface area contributed by atoms with E-state index in [1.807, 2.05) is 31.2 Å². The number of thioether (sulfide) groups is 1. The zero-order valence-electron chi connectivity index (χ0n) is 19.2. The van der Waals surface area contributed by atoms with Gasteiger partial charge in [-0.25, -0.2) is 0 Å². The Labute approximate surface area is 198 Å². The fraction of sp³-hybridized carbons (Fsp3) is 0.440. The maximum Gasteiger partial charge on any atom is 0.308 e. The third kappa shape index (κ3) is 8.29. The molecule has 0 amide bonds. The summed E-state index contributed by atoms with van der Waals surface area (Å²) in [6.07, 6.45) is 1.30. The third-order valence-corrected chi connectivity index (χ3v) is 6.13. The largest absolute Gasteiger partial charge is 0.504 e. The molecule has 2 aromatic carbocycles. The molecule has 7 nitrogen and oxygen atoms in total. The van der Waals surface area contributed by atoms with Crippen LogP contribution in [0.25, 0.3) is 0 Å². The molecule has 3 N–H and O–H groups in total. The first-order chi connectivity index (χ1) is 15.7. The molecule has 33 heavy (non-hydrogen) atoms. The third-order valence-electron chi connectivity index (χ3n) is 5.03. The lowest BCUT2D eigenvalue weighted by molar-refractivity contribution is -0.139. The summed E-state index contributed by atoms with van der Waals surface area (Å²) in [6, 6.07) is 10.7. The van der Waals surface area contributed by atoms with E-state index in [4.69, 9.17) is 14.6 Å². The highest BCUT2D eigenvalue weighted by Crippen LogP contribution is 2.37.